The van der Waals surface area contributed by atoms with E-state index >= 15 is 0 Å². The monoisotopic (exact) mass is 156 g/mol. The van der Waals surface area contributed by atoms with Gasteiger partial charge in [0.1, 0.15) is 0 Å². The van der Waals surface area contributed by atoms with Gasteiger partial charge >= 0.3 is 0 Å². The topological polar surface area (TPSA) is 35.5 Å². The van der Waals surface area contributed by atoms with Crippen molar-refractivity contribution in [3.63, 3.8) is 0 Å². The normalized spacial score (nSPS) is 13.0. The second kappa shape index (κ2) is 6.17. The van der Waals surface area contributed by atoms with E-state index < -0.39 is 0 Å². The number of rotatable bonds is 5. The van der Waals surface area contributed by atoms with Crippen LogP contribution in [0.15, 0.2) is 0 Å². The Kier molecular flexibility index (Phi) is 5.86. The van der Waals surface area contributed by atoms with Gasteiger partial charge in [-0.1, -0.05) is 5.92 Å². The van der Waals surface area contributed by atoms with E-state index in [-0.39, 0.29) is 12.6 Å². The third kappa shape index (κ3) is 4.79. The maximum atomic E-state index is 8.46. The number of hydrogen-bond donors (Lipinski definition) is 2. The summed E-state index contributed by atoms with van der Waals surface area (Å²) in [7, 11) is 3.87. The molecule has 0 aliphatic heterocycles. The lowest BCUT2D eigenvalue weighted by molar-refractivity contribution is 0.280. The smallest absolute Gasteiger partial charge is 0.0833 e. The number of hydrogen-bond acceptors (Lipinski definition) is 3. The van der Waals surface area contributed by atoms with Gasteiger partial charge in [-0.15, -0.1) is 6.42 Å². The van der Waals surface area contributed by atoms with Crippen molar-refractivity contribution in [3.8, 4) is 12.3 Å². The average Bonchev–Trinajstić information content (AvgIpc) is 1.97. The summed E-state index contributed by atoms with van der Waals surface area (Å²) in [6, 6.07) is 0.113. The second-order valence-electron chi connectivity index (χ2n) is 2.57. The first-order valence-electron chi connectivity index (χ1n) is 3.66. The Morgan fingerprint density at radius 3 is 2.64 bits per heavy atom. The van der Waals surface area contributed by atoms with Crippen molar-refractivity contribution in [1.82, 2.24) is 10.2 Å². The lowest BCUT2D eigenvalue weighted by Crippen LogP contribution is -2.37. The van der Waals surface area contributed by atoms with Gasteiger partial charge in [0.2, 0.25) is 0 Å². The van der Waals surface area contributed by atoms with Crippen molar-refractivity contribution in [2.24, 2.45) is 0 Å². The van der Waals surface area contributed by atoms with E-state index in [0.717, 1.165) is 6.54 Å². The van der Waals surface area contributed by atoms with Crippen LogP contribution in [-0.4, -0.2) is 49.8 Å². The second-order valence-corrected chi connectivity index (χ2v) is 2.57. The largest absolute Gasteiger partial charge is 0.395 e. The van der Waals surface area contributed by atoms with Crippen LogP contribution in [0.5, 0.6) is 0 Å². The number of aliphatic hydroxyl groups is 1. The number of aliphatic hydroxyl groups excluding tert-OH is 1. The fraction of sp³-hybridized carbons (Fsp3) is 0.750. The molecule has 1 unspecified atom stereocenters. The zero-order chi connectivity index (χ0) is 8.69. The highest BCUT2D eigenvalue weighted by molar-refractivity contribution is 4.99. The third-order valence-corrected chi connectivity index (χ3v) is 1.44. The molecule has 2 N–H and O–H groups in total. The highest BCUT2D eigenvalue weighted by Crippen LogP contribution is 1.87. The summed E-state index contributed by atoms with van der Waals surface area (Å²) >= 11 is 0. The van der Waals surface area contributed by atoms with Gasteiger partial charge in [-0.05, 0) is 14.1 Å². The molecule has 11 heavy (non-hydrogen) atoms. The van der Waals surface area contributed by atoms with Gasteiger partial charge in [-0.2, -0.15) is 0 Å². The van der Waals surface area contributed by atoms with E-state index in [2.05, 4.69) is 11.2 Å². The molecule has 0 heterocycles. The highest BCUT2D eigenvalue weighted by atomic mass is 16.3. The lowest BCUT2D eigenvalue weighted by Gasteiger charge is -2.18. The predicted molar refractivity (Wildman–Crippen MR) is 46.3 cm³/mol. The van der Waals surface area contributed by atoms with Crippen LogP contribution >= 0.6 is 0 Å². The summed E-state index contributed by atoms with van der Waals surface area (Å²) in [5, 5.41) is 11.5. The molecule has 0 aromatic carbocycles. The summed E-state index contributed by atoms with van der Waals surface area (Å²) in [4.78, 5) is 1.96. The Balaban J connectivity index is 3.47. The maximum Gasteiger partial charge on any atom is 0.0833 e. The molecule has 3 nitrogen and oxygen atoms in total. The molecular weight excluding hydrogens is 140 g/mol. The van der Waals surface area contributed by atoms with Crippen LogP contribution in [0, 0.1) is 12.3 Å². The molecule has 1 atom stereocenters. The van der Waals surface area contributed by atoms with Crippen LogP contribution in [-0.2, 0) is 0 Å². The van der Waals surface area contributed by atoms with Crippen LogP contribution in [0.3, 0.4) is 0 Å². The predicted octanol–water partition coefficient (Wildman–Crippen LogP) is -0.868. The summed E-state index contributed by atoms with van der Waals surface area (Å²) in [5.41, 5.74) is 0. The summed E-state index contributed by atoms with van der Waals surface area (Å²) in [6.45, 7) is 1.49. The first-order chi connectivity index (χ1) is 5.22. The molecule has 0 bridgehead atoms. The number of nitrogens with zero attached hydrogens (tertiary/aromatic N) is 1. The van der Waals surface area contributed by atoms with E-state index in [9.17, 15) is 0 Å². The third-order valence-electron chi connectivity index (χ3n) is 1.44. The van der Waals surface area contributed by atoms with Gasteiger partial charge < -0.3 is 10.4 Å². The minimum atomic E-state index is 0.113. The molecule has 0 amide bonds. The van der Waals surface area contributed by atoms with E-state index in [4.69, 9.17) is 11.5 Å². The van der Waals surface area contributed by atoms with Crippen LogP contribution < -0.4 is 5.32 Å². The molecule has 3 heteroatoms. The zero-order valence-corrected chi connectivity index (χ0v) is 7.17. The number of terminal acetylenes is 1. The fourth-order valence-electron chi connectivity index (χ4n) is 0.708. The molecule has 0 aromatic rings. The first kappa shape index (κ1) is 10.4. The standard InChI is InChI=1S/C8H16N2O/c1-4-8(10(2)3)7-9-5-6-11/h1,8-9,11H,5-7H2,2-3H3. The molecule has 64 valence electrons. The first-order valence-corrected chi connectivity index (χ1v) is 3.66. The minimum absolute atomic E-state index is 0.113. The summed E-state index contributed by atoms with van der Waals surface area (Å²) in [5.74, 6) is 2.64. The van der Waals surface area contributed by atoms with Crippen LogP contribution in [0.2, 0.25) is 0 Å². The van der Waals surface area contributed by atoms with Gasteiger partial charge in [0.15, 0.2) is 0 Å². The van der Waals surface area contributed by atoms with Gasteiger partial charge in [0.25, 0.3) is 0 Å². The zero-order valence-electron chi connectivity index (χ0n) is 7.17. The molecule has 0 aliphatic rings. The van der Waals surface area contributed by atoms with E-state index in [1.165, 1.54) is 0 Å². The van der Waals surface area contributed by atoms with Gasteiger partial charge in [0.05, 0.1) is 12.6 Å². The molecule has 0 radical (unpaired) electrons. The Hall–Kier alpha value is -0.560. The Labute approximate surface area is 68.4 Å². The van der Waals surface area contributed by atoms with Crippen molar-refractivity contribution in [3.05, 3.63) is 0 Å². The van der Waals surface area contributed by atoms with Crippen molar-refractivity contribution >= 4 is 0 Å². The molecule has 0 fully saturated rings. The Morgan fingerprint density at radius 1 is 1.64 bits per heavy atom. The SMILES string of the molecule is C#CC(CNCCO)N(C)C. The lowest BCUT2D eigenvalue weighted by atomic mass is 10.3. The summed E-state index contributed by atoms with van der Waals surface area (Å²) in [6.07, 6.45) is 5.26. The molecular formula is C8H16N2O. The van der Waals surface area contributed by atoms with E-state index in [0.29, 0.717) is 6.54 Å². The molecule has 0 saturated heterocycles. The molecule has 0 aromatic heterocycles. The van der Waals surface area contributed by atoms with Crippen molar-refractivity contribution < 1.29 is 5.11 Å². The Morgan fingerprint density at radius 2 is 2.27 bits per heavy atom. The average molecular weight is 156 g/mol. The molecule has 0 saturated carbocycles. The van der Waals surface area contributed by atoms with Gasteiger partial charge in [-0.3, -0.25) is 4.90 Å². The van der Waals surface area contributed by atoms with Gasteiger partial charge in [0, 0.05) is 13.1 Å². The summed E-state index contributed by atoms with van der Waals surface area (Å²) < 4.78 is 0. The van der Waals surface area contributed by atoms with E-state index in [1.807, 2.05) is 19.0 Å². The number of likely N-dealkylation sites (N-methyl/N-ethyl adjacent to an activating group) is 1. The van der Waals surface area contributed by atoms with Gasteiger partial charge in [-0.25, -0.2) is 0 Å². The van der Waals surface area contributed by atoms with E-state index in [1.54, 1.807) is 0 Å². The molecule has 0 spiro atoms. The highest BCUT2D eigenvalue weighted by Gasteiger charge is 2.04. The Bertz CT molecular complexity index is 129. The van der Waals surface area contributed by atoms with Crippen LogP contribution in [0.25, 0.3) is 0 Å². The minimum Gasteiger partial charge on any atom is -0.395 e. The van der Waals surface area contributed by atoms with Crippen molar-refractivity contribution in [2.75, 3.05) is 33.8 Å². The quantitative estimate of drug-likeness (QED) is 0.401. The number of nitrogens with one attached hydrogen (secondary N) is 1. The van der Waals surface area contributed by atoms with Crippen LogP contribution in [0.1, 0.15) is 0 Å². The van der Waals surface area contributed by atoms with Crippen molar-refractivity contribution in [2.45, 2.75) is 6.04 Å². The maximum absolute atomic E-state index is 8.46. The fourth-order valence-corrected chi connectivity index (χ4v) is 0.708. The van der Waals surface area contributed by atoms with Crippen molar-refractivity contribution in [1.29, 1.82) is 0 Å². The molecule has 0 aliphatic carbocycles. The molecule has 0 rings (SSSR count). The van der Waals surface area contributed by atoms with Crippen LogP contribution in [0.4, 0.5) is 0 Å².